The zero-order valence-electron chi connectivity index (χ0n) is 13.2. The molecule has 0 fully saturated rings. The summed E-state index contributed by atoms with van der Waals surface area (Å²) in [6.07, 6.45) is 3.15. The zero-order chi connectivity index (χ0) is 18.3. The van der Waals surface area contributed by atoms with Crippen molar-refractivity contribution in [3.63, 3.8) is 0 Å². The number of rotatable bonds is 2. The highest BCUT2D eigenvalue weighted by molar-refractivity contribution is 5.76. The second kappa shape index (κ2) is 6.05. The van der Waals surface area contributed by atoms with Gasteiger partial charge in [-0.15, -0.1) is 0 Å². The lowest BCUT2D eigenvalue weighted by Gasteiger charge is -2.09. The third kappa shape index (κ3) is 2.50. The Morgan fingerprint density at radius 3 is 2.58 bits per heavy atom. The summed E-state index contributed by atoms with van der Waals surface area (Å²) in [4.78, 5) is 4.06. The van der Waals surface area contributed by atoms with Crippen LogP contribution in [0, 0.1) is 28.8 Å². The summed E-state index contributed by atoms with van der Waals surface area (Å²) in [7, 11) is 0. The molecule has 26 heavy (non-hydrogen) atoms. The van der Waals surface area contributed by atoms with Crippen molar-refractivity contribution in [3.05, 3.63) is 83.9 Å². The number of benzene rings is 2. The van der Waals surface area contributed by atoms with Crippen molar-refractivity contribution in [2.75, 3.05) is 0 Å². The van der Waals surface area contributed by atoms with Crippen molar-refractivity contribution >= 4 is 5.65 Å². The molecule has 2 aromatic carbocycles. The summed E-state index contributed by atoms with van der Waals surface area (Å²) < 4.78 is 43.2. The molecule has 126 valence electrons. The molecule has 0 spiro atoms. The lowest BCUT2D eigenvalue weighted by atomic mass is 9.97. The highest BCUT2D eigenvalue weighted by atomic mass is 19.1. The minimum atomic E-state index is -0.570. The van der Waals surface area contributed by atoms with Crippen LogP contribution in [0.15, 0.2) is 60.9 Å². The summed E-state index contributed by atoms with van der Waals surface area (Å²) in [5, 5.41) is 9.23. The van der Waals surface area contributed by atoms with E-state index in [0.29, 0.717) is 11.3 Å². The maximum atomic E-state index is 14.4. The van der Waals surface area contributed by atoms with E-state index in [0.717, 1.165) is 6.07 Å². The van der Waals surface area contributed by atoms with Crippen molar-refractivity contribution < 1.29 is 13.2 Å². The summed E-state index contributed by atoms with van der Waals surface area (Å²) in [5.74, 6) is -1.58. The van der Waals surface area contributed by atoms with Gasteiger partial charge in [-0.3, -0.25) is 4.40 Å². The van der Waals surface area contributed by atoms with E-state index < -0.39 is 17.5 Å². The fourth-order valence-electron chi connectivity index (χ4n) is 2.92. The Balaban J connectivity index is 1.93. The lowest BCUT2D eigenvalue weighted by molar-refractivity contribution is 0.625. The van der Waals surface area contributed by atoms with Gasteiger partial charge in [0.05, 0.1) is 23.5 Å². The molecule has 0 aliphatic carbocycles. The van der Waals surface area contributed by atoms with Crippen LogP contribution in [0.1, 0.15) is 5.56 Å². The third-order valence-corrected chi connectivity index (χ3v) is 4.14. The molecule has 3 nitrogen and oxygen atoms in total. The highest BCUT2D eigenvalue weighted by Gasteiger charge is 2.15. The molecule has 0 N–H and O–H groups in total. The molecule has 0 saturated carbocycles. The topological polar surface area (TPSA) is 41.1 Å². The number of aromatic nitrogens is 2. The van der Waals surface area contributed by atoms with E-state index in [1.165, 1.54) is 36.5 Å². The van der Waals surface area contributed by atoms with Gasteiger partial charge in [0.15, 0.2) is 11.5 Å². The predicted molar refractivity (Wildman–Crippen MR) is 90.7 cm³/mol. The summed E-state index contributed by atoms with van der Waals surface area (Å²) in [6.45, 7) is 0. The van der Waals surface area contributed by atoms with Gasteiger partial charge in [-0.05, 0) is 42.5 Å². The standard InChI is InChI=1S/C20H10F3N3/c21-14-4-5-15(13(8-14)10-24)16-9-12(3-6-17(16)22)19-11-25-20-18(23)2-1-7-26(19)20/h1-9,11H. The van der Waals surface area contributed by atoms with E-state index in [4.69, 9.17) is 0 Å². The molecule has 6 heteroatoms. The fourth-order valence-corrected chi connectivity index (χ4v) is 2.92. The van der Waals surface area contributed by atoms with E-state index in [1.54, 1.807) is 22.7 Å². The van der Waals surface area contributed by atoms with E-state index >= 15 is 0 Å². The van der Waals surface area contributed by atoms with Crippen LogP contribution < -0.4 is 0 Å². The maximum Gasteiger partial charge on any atom is 0.173 e. The number of imidazole rings is 1. The largest absolute Gasteiger partial charge is 0.297 e. The molecule has 0 atom stereocenters. The molecule has 0 unspecified atom stereocenters. The Kier molecular flexibility index (Phi) is 3.70. The molecule has 0 amide bonds. The molecule has 0 aliphatic rings. The molecule has 0 saturated heterocycles. The molecule has 2 heterocycles. The Bertz CT molecular complexity index is 1190. The van der Waals surface area contributed by atoms with Crippen molar-refractivity contribution in [1.82, 2.24) is 9.38 Å². The number of halogens is 3. The molecule has 2 aromatic heterocycles. The second-order valence-corrected chi connectivity index (χ2v) is 5.69. The normalized spacial score (nSPS) is 10.8. The van der Waals surface area contributed by atoms with Gasteiger partial charge < -0.3 is 0 Å². The monoisotopic (exact) mass is 349 g/mol. The Morgan fingerprint density at radius 2 is 1.77 bits per heavy atom. The first-order valence-corrected chi connectivity index (χ1v) is 7.70. The summed E-state index contributed by atoms with van der Waals surface area (Å²) in [5.41, 5.74) is 1.80. The highest BCUT2D eigenvalue weighted by Crippen LogP contribution is 2.31. The van der Waals surface area contributed by atoms with Gasteiger partial charge in [0, 0.05) is 22.9 Å². The number of nitriles is 1. The van der Waals surface area contributed by atoms with Gasteiger partial charge in [0.1, 0.15) is 11.6 Å². The van der Waals surface area contributed by atoms with E-state index in [2.05, 4.69) is 4.98 Å². The average Bonchev–Trinajstić information content (AvgIpc) is 3.08. The van der Waals surface area contributed by atoms with Crippen molar-refractivity contribution in [3.8, 4) is 28.5 Å². The summed E-state index contributed by atoms with van der Waals surface area (Å²) in [6, 6.07) is 12.7. The van der Waals surface area contributed by atoms with Crippen LogP contribution in [0.25, 0.3) is 28.0 Å². The number of fused-ring (bicyclic) bond motifs is 1. The van der Waals surface area contributed by atoms with Crippen molar-refractivity contribution in [1.29, 1.82) is 5.26 Å². The van der Waals surface area contributed by atoms with Crippen molar-refractivity contribution in [2.24, 2.45) is 0 Å². The first kappa shape index (κ1) is 15.9. The fraction of sp³-hybridized carbons (Fsp3) is 0. The quantitative estimate of drug-likeness (QED) is 0.513. The van der Waals surface area contributed by atoms with E-state index in [9.17, 15) is 18.4 Å². The van der Waals surface area contributed by atoms with Crippen molar-refractivity contribution in [2.45, 2.75) is 0 Å². The zero-order valence-corrected chi connectivity index (χ0v) is 13.2. The van der Waals surface area contributed by atoms with Crippen LogP contribution in [0.4, 0.5) is 13.2 Å². The third-order valence-electron chi connectivity index (χ3n) is 4.14. The Hall–Kier alpha value is -3.59. The van der Waals surface area contributed by atoms with Crippen LogP contribution in [0.2, 0.25) is 0 Å². The molecule has 0 radical (unpaired) electrons. The van der Waals surface area contributed by atoms with Gasteiger partial charge in [0.25, 0.3) is 0 Å². The van der Waals surface area contributed by atoms with Gasteiger partial charge in [-0.1, -0.05) is 6.07 Å². The van der Waals surface area contributed by atoms with Gasteiger partial charge in [-0.2, -0.15) is 5.26 Å². The average molecular weight is 349 g/mol. The minimum absolute atomic E-state index is 0.0326. The van der Waals surface area contributed by atoms with Crippen LogP contribution >= 0.6 is 0 Å². The lowest BCUT2D eigenvalue weighted by Crippen LogP contribution is -1.93. The number of hydrogen-bond acceptors (Lipinski definition) is 2. The Morgan fingerprint density at radius 1 is 0.923 bits per heavy atom. The van der Waals surface area contributed by atoms with E-state index in [1.807, 2.05) is 6.07 Å². The van der Waals surface area contributed by atoms with E-state index in [-0.39, 0.29) is 22.3 Å². The smallest absolute Gasteiger partial charge is 0.173 e. The van der Waals surface area contributed by atoms with Crippen LogP contribution in [-0.2, 0) is 0 Å². The molecular weight excluding hydrogens is 339 g/mol. The SMILES string of the molecule is N#Cc1cc(F)ccc1-c1cc(-c2cnc3c(F)cccn23)ccc1F. The number of pyridine rings is 1. The van der Waals surface area contributed by atoms with Gasteiger partial charge in [-0.25, -0.2) is 18.2 Å². The number of hydrogen-bond donors (Lipinski definition) is 0. The first-order chi connectivity index (χ1) is 12.6. The second-order valence-electron chi connectivity index (χ2n) is 5.69. The molecule has 0 bridgehead atoms. The Labute approximate surface area is 146 Å². The van der Waals surface area contributed by atoms with Gasteiger partial charge >= 0.3 is 0 Å². The molecular formula is C20H10F3N3. The van der Waals surface area contributed by atoms with Crippen LogP contribution in [0.3, 0.4) is 0 Å². The minimum Gasteiger partial charge on any atom is -0.297 e. The van der Waals surface area contributed by atoms with Gasteiger partial charge in [0.2, 0.25) is 0 Å². The first-order valence-electron chi connectivity index (χ1n) is 7.70. The van der Waals surface area contributed by atoms with Crippen LogP contribution in [-0.4, -0.2) is 9.38 Å². The maximum absolute atomic E-state index is 14.4. The molecule has 4 rings (SSSR count). The predicted octanol–water partition coefficient (Wildman–Crippen LogP) is 4.96. The number of nitrogens with zero attached hydrogens (tertiary/aromatic N) is 3. The summed E-state index contributed by atoms with van der Waals surface area (Å²) >= 11 is 0. The molecule has 4 aromatic rings. The van der Waals surface area contributed by atoms with Crippen LogP contribution in [0.5, 0.6) is 0 Å². The molecule has 0 aliphatic heterocycles.